The van der Waals surface area contributed by atoms with Gasteiger partial charge in [-0.3, -0.25) is 4.79 Å². The summed E-state index contributed by atoms with van der Waals surface area (Å²) < 4.78 is 1.80. The average molecular weight is 224 g/mol. The highest BCUT2D eigenvalue weighted by molar-refractivity contribution is 5.91. The van der Waals surface area contributed by atoms with Crippen LogP contribution in [0.25, 0.3) is 0 Å². The van der Waals surface area contributed by atoms with Gasteiger partial charge in [0.25, 0.3) is 5.91 Å². The minimum absolute atomic E-state index is 0.428. The quantitative estimate of drug-likeness (QED) is 0.791. The zero-order valence-corrected chi connectivity index (χ0v) is 9.26. The van der Waals surface area contributed by atoms with Crippen LogP contribution in [0.5, 0.6) is 0 Å². The van der Waals surface area contributed by atoms with Crippen LogP contribution in [0.4, 0.5) is 0 Å². The Kier molecular flexibility index (Phi) is 2.97. The number of amides is 1. The minimum atomic E-state index is -0.428. The molecule has 1 amide bonds. The third-order valence-corrected chi connectivity index (χ3v) is 2.53. The van der Waals surface area contributed by atoms with Crippen LogP contribution < -0.4 is 5.73 Å². The number of carbonyl (C=O) groups is 1. The first kappa shape index (κ1) is 11.0. The monoisotopic (exact) mass is 224 g/mol. The number of hydrogen-bond acceptors (Lipinski definition) is 1. The summed E-state index contributed by atoms with van der Waals surface area (Å²) in [5, 5.41) is 0. The van der Waals surface area contributed by atoms with E-state index in [-0.39, 0.29) is 0 Å². The molecule has 1 aromatic heterocycles. The Hall–Kier alpha value is -2.47. The van der Waals surface area contributed by atoms with Crippen LogP contribution in [-0.4, -0.2) is 10.5 Å². The van der Waals surface area contributed by atoms with Gasteiger partial charge in [0, 0.05) is 18.3 Å². The van der Waals surface area contributed by atoms with Crippen molar-refractivity contribution >= 4 is 5.91 Å². The van der Waals surface area contributed by atoms with Crippen molar-refractivity contribution in [2.75, 3.05) is 0 Å². The highest BCUT2D eigenvalue weighted by Crippen LogP contribution is 2.09. The molecule has 0 bridgehead atoms. The Morgan fingerprint density at radius 2 is 2.18 bits per heavy atom. The normalized spacial score (nSPS) is 9.82. The number of rotatable bonds is 3. The molecule has 2 N–H and O–H groups in total. The molecule has 0 radical (unpaired) electrons. The van der Waals surface area contributed by atoms with E-state index in [0.29, 0.717) is 12.2 Å². The van der Waals surface area contributed by atoms with E-state index in [1.165, 1.54) is 0 Å². The zero-order valence-electron chi connectivity index (χ0n) is 9.26. The summed E-state index contributed by atoms with van der Waals surface area (Å²) in [6.45, 7) is 0.584. The van der Waals surface area contributed by atoms with Crippen molar-refractivity contribution in [2.45, 2.75) is 6.54 Å². The van der Waals surface area contributed by atoms with Crippen LogP contribution in [0, 0.1) is 12.3 Å². The van der Waals surface area contributed by atoms with Gasteiger partial charge < -0.3 is 10.3 Å². The van der Waals surface area contributed by atoms with Crippen molar-refractivity contribution in [3.8, 4) is 12.3 Å². The summed E-state index contributed by atoms with van der Waals surface area (Å²) in [6.07, 6.45) is 7.16. The summed E-state index contributed by atoms with van der Waals surface area (Å²) in [7, 11) is 0. The van der Waals surface area contributed by atoms with Gasteiger partial charge in [0.2, 0.25) is 0 Å². The van der Waals surface area contributed by atoms with Crippen LogP contribution >= 0.6 is 0 Å². The number of terminal acetylenes is 1. The van der Waals surface area contributed by atoms with E-state index in [1.807, 2.05) is 30.5 Å². The second-order valence-electron chi connectivity index (χ2n) is 3.73. The van der Waals surface area contributed by atoms with Crippen LogP contribution in [0.2, 0.25) is 0 Å². The number of nitrogens with zero attached hydrogens (tertiary/aromatic N) is 1. The summed E-state index contributed by atoms with van der Waals surface area (Å²) in [5.41, 5.74) is 7.64. The molecule has 17 heavy (non-hydrogen) atoms. The minimum Gasteiger partial charge on any atom is -0.364 e. The zero-order chi connectivity index (χ0) is 12.3. The first-order valence-electron chi connectivity index (χ1n) is 5.21. The van der Waals surface area contributed by atoms with Gasteiger partial charge in [0.15, 0.2) is 0 Å². The van der Waals surface area contributed by atoms with Crippen molar-refractivity contribution in [3.63, 3.8) is 0 Å². The van der Waals surface area contributed by atoms with Crippen molar-refractivity contribution < 1.29 is 4.79 Å². The molecule has 1 aromatic carbocycles. The van der Waals surface area contributed by atoms with Crippen molar-refractivity contribution in [2.24, 2.45) is 5.73 Å². The van der Waals surface area contributed by atoms with Gasteiger partial charge in [-0.25, -0.2) is 0 Å². The van der Waals surface area contributed by atoms with Crippen molar-refractivity contribution in [1.82, 2.24) is 4.57 Å². The SMILES string of the molecule is C#Cc1cccc(Cn2cccc2C(N)=O)c1. The molecule has 1 heterocycles. The van der Waals surface area contributed by atoms with Gasteiger partial charge in [-0.1, -0.05) is 18.1 Å². The molecule has 0 atom stereocenters. The predicted octanol–water partition coefficient (Wildman–Crippen LogP) is 1.62. The van der Waals surface area contributed by atoms with Crippen LogP contribution in [0.15, 0.2) is 42.6 Å². The topological polar surface area (TPSA) is 48.0 Å². The fourth-order valence-corrected chi connectivity index (χ4v) is 1.73. The van der Waals surface area contributed by atoms with Gasteiger partial charge in [-0.2, -0.15) is 0 Å². The van der Waals surface area contributed by atoms with Crippen LogP contribution in [-0.2, 0) is 6.54 Å². The maximum atomic E-state index is 11.2. The molecule has 2 aromatic rings. The van der Waals surface area contributed by atoms with Gasteiger partial charge >= 0.3 is 0 Å². The Bertz CT molecular complexity index is 590. The molecule has 3 nitrogen and oxygen atoms in total. The molecular weight excluding hydrogens is 212 g/mol. The molecule has 0 aliphatic carbocycles. The molecule has 0 aliphatic rings. The number of nitrogens with two attached hydrogens (primary N) is 1. The standard InChI is InChI=1S/C14H12N2O/c1-2-11-5-3-6-12(9-11)10-16-8-4-7-13(16)14(15)17/h1,3-9H,10H2,(H2,15,17). The number of primary amides is 1. The second kappa shape index (κ2) is 4.58. The number of hydrogen-bond donors (Lipinski definition) is 1. The lowest BCUT2D eigenvalue weighted by Crippen LogP contribution is -2.16. The molecule has 0 saturated carbocycles. The molecule has 84 valence electrons. The maximum Gasteiger partial charge on any atom is 0.265 e. The van der Waals surface area contributed by atoms with Gasteiger partial charge in [-0.05, 0) is 29.8 Å². The number of carbonyl (C=O) groups excluding carboxylic acids is 1. The van der Waals surface area contributed by atoms with Crippen LogP contribution in [0.1, 0.15) is 21.6 Å². The lowest BCUT2D eigenvalue weighted by molar-refractivity contribution is 0.0992. The smallest absolute Gasteiger partial charge is 0.265 e. The van der Waals surface area contributed by atoms with E-state index in [4.69, 9.17) is 12.2 Å². The summed E-state index contributed by atoms with van der Waals surface area (Å²) in [5.74, 6) is 2.16. The highest BCUT2D eigenvalue weighted by atomic mass is 16.1. The molecule has 0 aliphatic heterocycles. The summed E-state index contributed by atoms with van der Waals surface area (Å²) in [4.78, 5) is 11.2. The molecule has 0 unspecified atom stereocenters. The molecule has 0 fully saturated rings. The Morgan fingerprint density at radius 3 is 2.88 bits per heavy atom. The van der Waals surface area contributed by atoms with E-state index in [2.05, 4.69) is 5.92 Å². The van der Waals surface area contributed by atoms with E-state index in [9.17, 15) is 4.79 Å². The van der Waals surface area contributed by atoms with Gasteiger partial charge in [-0.15, -0.1) is 6.42 Å². The lowest BCUT2D eigenvalue weighted by atomic mass is 10.1. The van der Waals surface area contributed by atoms with Crippen molar-refractivity contribution in [1.29, 1.82) is 0 Å². The number of benzene rings is 1. The highest BCUT2D eigenvalue weighted by Gasteiger charge is 2.06. The second-order valence-corrected chi connectivity index (χ2v) is 3.73. The number of aromatic nitrogens is 1. The summed E-state index contributed by atoms with van der Waals surface area (Å²) >= 11 is 0. The van der Waals surface area contributed by atoms with Crippen molar-refractivity contribution in [3.05, 3.63) is 59.4 Å². The predicted molar refractivity (Wildman–Crippen MR) is 66.4 cm³/mol. The average Bonchev–Trinajstić information content (AvgIpc) is 2.77. The third-order valence-electron chi connectivity index (χ3n) is 2.53. The molecule has 2 rings (SSSR count). The largest absolute Gasteiger partial charge is 0.364 e. The maximum absolute atomic E-state index is 11.2. The van der Waals surface area contributed by atoms with E-state index >= 15 is 0 Å². The Morgan fingerprint density at radius 1 is 1.35 bits per heavy atom. The van der Waals surface area contributed by atoms with E-state index in [0.717, 1.165) is 11.1 Å². The molecule has 3 heteroatoms. The van der Waals surface area contributed by atoms with Gasteiger partial charge in [0.05, 0.1) is 0 Å². The fourth-order valence-electron chi connectivity index (χ4n) is 1.73. The Labute approximate surface area is 99.9 Å². The fraction of sp³-hybridized carbons (Fsp3) is 0.0714. The van der Waals surface area contributed by atoms with Gasteiger partial charge in [0.1, 0.15) is 5.69 Å². The first-order valence-corrected chi connectivity index (χ1v) is 5.21. The van der Waals surface area contributed by atoms with E-state index < -0.39 is 5.91 Å². The Balaban J connectivity index is 2.29. The molecular formula is C14H12N2O. The molecule has 0 spiro atoms. The lowest BCUT2D eigenvalue weighted by Gasteiger charge is -2.07. The first-order chi connectivity index (χ1) is 8.20. The summed E-state index contributed by atoms with van der Waals surface area (Å²) in [6, 6.07) is 11.2. The van der Waals surface area contributed by atoms with Crippen LogP contribution in [0.3, 0.4) is 0 Å². The third kappa shape index (κ3) is 2.37. The molecule has 0 saturated heterocycles. The van der Waals surface area contributed by atoms with E-state index in [1.54, 1.807) is 16.7 Å².